The Morgan fingerprint density at radius 1 is 1.24 bits per heavy atom. The van der Waals surface area contributed by atoms with Crippen LogP contribution in [0.3, 0.4) is 0 Å². The molecular weight excluding hydrogens is 321 g/mol. The molecule has 0 fully saturated rings. The molecule has 0 amide bonds. The number of benzene rings is 1. The molecule has 8 heteroatoms. The predicted molar refractivity (Wildman–Crippen MR) is 74.4 cm³/mol. The maximum absolute atomic E-state index is 6.00. The molecule has 0 spiro atoms. The van der Waals surface area contributed by atoms with E-state index in [0.717, 1.165) is 0 Å². The molecule has 88 valence electrons. The third-order valence-electron chi connectivity index (χ3n) is 1.73. The maximum Gasteiger partial charge on any atom is 0.188 e. The zero-order chi connectivity index (χ0) is 12.3. The van der Waals surface area contributed by atoms with Gasteiger partial charge >= 0.3 is 0 Å². The van der Waals surface area contributed by atoms with Gasteiger partial charge in [-0.2, -0.15) is 4.37 Å². The first kappa shape index (κ1) is 13.0. The minimum atomic E-state index is 0.213. The molecule has 0 N–H and O–H groups in total. The van der Waals surface area contributed by atoms with E-state index in [0.29, 0.717) is 20.4 Å². The van der Waals surface area contributed by atoms with Crippen LogP contribution in [-0.2, 0) is 0 Å². The topological polar surface area (TPSA) is 37.6 Å². The molecule has 0 atom stereocenters. The van der Waals surface area contributed by atoms with E-state index in [1.807, 2.05) is 12.1 Å². The van der Waals surface area contributed by atoms with Crippen molar-refractivity contribution in [2.45, 2.75) is 0 Å². The van der Waals surface area contributed by atoms with Gasteiger partial charge < -0.3 is 0 Å². The van der Waals surface area contributed by atoms with Crippen LogP contribution < -0.4 is 4.67 Å². The van der Waals surface area contributed by atoms with Gasteiger partial charge in [-0.15, -0.1) is 10.2 Å². The SMILES string of the molecule is Cl/C(=N\N=c1/ssnc1Cl)c1ccccc1Cl. The largest absolute Gasteiger partial charge is 0.188 e. The molecule has 2 rings (SSSR count). The van der Waals surface area contributed by atoms with Gasteiger partial charge in [0.05, 0.1) is 5.02 Å². The van der Waals surface area contributed by atoms with Crippen molar-refractivity contribution >= 4 is 60.9 Å². The summed E-state index contributed by atoms with van der Waals surface area (Å²) in [6.45, 7) is 0. The van der Waals surface area contributed by atoms with Gasteiger partial charge in [-0.25, -0.2) is 0 Å². The van der Waals surface area contributed by atoms with E-state index in [2.05, 4.69) is 14.6 Å². The Labute approximate surface area is 120 Å². The van der Waals surface area contributed by atoms with E-state index < -0.39 is 0 Å². The first-order valence-electron chi connectivity index (χ1n) is 4.32. The summed E-state index contributed by atoms with van der Waals surface area (Å²) in [7, 11) is 2.57. The van der Waals surface area contributed by atoms with Crippen LogP contribution in [0, 0.1) is 0 Å². The Morgan fingerprint density at radius 3 is 2.65 bits per heavy atom. The molecule has 0 aliphatic rings. The monoisotopic (exact) mass is 323 g/mol. The molecule has 1 heterocycles. The Balaban J connectivity index is 2.37. The van der Waals surface area contributed by atoms with Gasteiger partial charge in [-0.1, -0.05) is 53.0 Å². The van der Waals surface area contributed by atoms with E-state index in [-0.39, 0.29) is 5.17 Å². The van der Waals surface area contributed by atoms with Crippen LogP contribution in [0.25, 0.3) is 0 Å². The van der Waals surface area contributed by atoms with Gasteiger partial charge in [0.15, 0.2) is 15.0 Å². The summed E-state index contributed by atoms with van der Waals surface area (Å²) in [5, 5.41) is 8.85. The van der Waals surface area contributed by atoms with Crippen molar-refractivity contribution in [3.05, 3.63) is 44.7 Å². The molecule has 0 saturated carbocycles. The fourth-order valence-electron chi connectivity index (χ4n) is 0.990. The van der Waals surface area contributed by atoms with E-state index in [1.54, 1.807) is 12.1 Å². The lowest BCUT2D eigenvalue weighted by atomic mass is 10.2. The van der Waals surface area contributed by atoms with E-state index in [1.165, 1.54) is 20.9 Å². The third kappa shape index (κ3) is 3.26. The second kappa shape index (κ2) is 5.93. The molecule has 17 heavy (non-hydrogen) atoms. The van der Waals surface area contributed by atoms with Gasteiger partial charge in [0.2, 0.25) is 0 Å². The van der Waals surface area contributed by atoms with Crippen molar-refractivity contribution < 1.29 is 0 Å². The Bertz CT molecular complexity index is 618. The van der Waals surface area contributed by atoms with Crippen LogP contribution >= 0.6 is 55.7 Å². The standard InChI is InChI=1S/C9H4Cl3N3S2/c10-6-4-2-1-3-5(6)7(11)13-14-9-8(12)15-17-16-9/h1-4H/b13-7-,14-9-. The highest BCUT2D eigenvalue weighted by atomic mass is 35.5. The van der Waals surface area contributed by atoms with Crippen molar-refractivity contribution in [2.24, 2.45) is 10.2 Å². The average molecular weight is 325 g/mol. The Morgan fingerprint density at radius 2 is 2.00 bits per heavy atom. The van der Waals surface area contributed by atoms with Gasteiger partial charge in [-0.3, -0.25) is 0 Å². The summed E-state index contributed by atoms with van der Waals surface area (Å²) in [5.41, 5.74) is 0.629. The third-order valence-corrected chi connectivity index (χ3v) is 4.50. The zero-order valence-corrected chi connectivity index (χ0v) is 12.0. The molecule has 2 aromatic rings. The normalized spacial score (nSPS) is 13.1. The molecule has 0 bridgehead atoms. The second-order valence-electron chi connectivity index (χ2n) is 2.82. The number of halogens is 3. The van der Waals surface area contributed by atoms with Crippen molar-refractivity contribution in [3.8, 4) is 0 Å². The van der Waals surface area contributed by atoms with Gasteiger partial charge in [0, 0.05) is 16.1 Å². The summed E-state index contributed by atoms with van der Waals surface area (Å²) in [6, 6.07) is 7.13. The highest BCUT2D eigenvalue weighted by molar-refractivity contribution is 7.66. The highest BCUT2D eigenvalue weighted by Gasteiger charge is 2.04. The summed E-state index contributed by atoms with van der Waals surface area (Å²) >= 11 is 17.7. The summed E-state index contributed by atoms with van der Waals surface area (Å²) in [4.78, 5) is 0. The Hall–Kier alpha value is -0.460. The number of rotatable bonds is 2. The van der Waals surface area contributed by atoms with E-state index in [4.69, 9.17) is 34.8 Å². The second-order valence-corrected chi connectivity index (χ2v) is 5.77. The molecule has 0 unspecified atom stereocenters. The summed E-state index contributed by atoms with van der Waals surface area (Å²) in [5.74, 6) is 0. The molecule has 0 aliphatic carbocycles. The quantitative estimate of drug-likeness (QED) is 0.467. The molecular formula is C9H4Cl3N3S2. The summed E-state index contributed by atoms with van der Waals surface area (Å²) in [6.07, 6.45) is 0. The van der Waals surface area contributed by atoms with E-state index >= 15 is 0 Å². The Kier molecular flexibility index (Phi) is 4.53. The average Bonchev–Trinajstić information content (AvgIpc) is 2.72. The summed E-state index contributed by atoms with van der Waals surface area (Å²) < 4.78 is 4.41. The lowest BCUT2D eigenvalue weighted by molar-refractivity contribution is 1.16. The molecule has 0 aliphatic heterocycles. The number of aromatic nitrogens is 1. The van der Waals surface area contributed by atoms with Gasteiger partial charge in [0.1, 0.15) is 0 Å². The fourth-order valence-corrected chi connectivity index (χ4v) is 3.37. The van der Waals surface area contributed by atoms with Crippen molar-refractivity contribution in [3.63, 3.8) is 0 Å². The molecule has 0 radical (unpaired) electrons. The van der Waals surface area contributed by atoms with Crippen LogP contribution in [-0.4, -0.2) is 9.54 Å². The highest BCUT2D eigenvalue weighted by Crippen LogP contribution is 2.17. The van der Waals surface area contributed by atoms with Crippen molar-refractivity contribution in [1.29, 1.82) is 0 Å². The molecule has 1 aromatic heterocycles. The van der Waals surface area contributed by atoms with Crippen LogP contribution in [0.5, 0.6) is 0 Å². The lowest BCUT2D eigenvalue weighted by Gasteiger charge is -1.98. The smallest absolute Gasteiger partial charge is 0.167 e. The van der Waals surface area contributed by atoms with Gasteiger partial charge in [-0.05, 0) is 16.4 Å². The number of hydrogen-bond donors (Lipinski definition) is 0. The zero-order valence-electron chi connectivity index (χ0n) is 8.10. The fraction of sp³-hybridized carbons (Fsp3) is 0. The van der Waals surface area contributed by atoms with Crippen molar-refractivity contribution in [2.75, 3.05) is 0 Å². The van der Waals surface area contributed by atoms with Crippen LogP contribution in [0.15, 0.2) is 34.5 Å². The van der Waals surface area contributed by atoms with Crippen molar-refractivity contribution in [1.82, 2.24) is 4.37 Å². The van der Waals surface area contributed by atoms with Crippen LogP contribution in [0.1, 0.15) is 5.56 Å². The molecule has 3 nitrogen and oxygen atoms in total. The van der Waals surface area contributed by atoms with Crippen LogP contribution in [0.4, 0.5) is 0 Å². The maximum atomic E-state index is 6.00. The molecule has 0 saturated heterocycles. The number of hydrogen-bond acceptors (Lipinski definition) is 5. The first-order chi connectivity index (χ1) is 8.18. The molecule has 1 aromatic carbocycles. The lowest BCUT2D eigenvalue weighted by Crippen LogP contribution is -1.96. The number of nitrogens with zero attached hydrogens (tertiary/aromatic N) is 3. The predicted octanol–water partition coefficient (Wildman–Crippen LogP) is 4.01. The van der Waals surface area contributed by atoms with Gasteiger partial charge in [0.25, 0.3) is 0 Å². The minimum Gasteiger partial charge on any atom is -0.167 e. The van der Waals surface area contributed by atoms with Crippen LogP contribution in [0.2, 0.25) is 10.2 Å². The first-order valence-corrected chi connectivity index (χ1v) is 7.56. The minimum absolute atomic E-state index is 0.213. The van der Waals surface area contributed by atoms with E-state index in [9.17, 15) is 0 Å².